The van der Waals surface area contributed by atoms with Gasteiger partial charge in [-0.3, -0.25) is 0 Å². The molecule has 0 N–H and O–H groups in total. The van der Waals surface area contributed by atoms with Gasteiger partial charge < -0.3 is 0 Å². The van der Waals surface area contributed by atoms with Crippen LogP contribution in [0, 0.1) is 28.6 Å². The third-order valence-electron chi connectivity index (χ3n) is 3.05. The van der Waals surface area contributed by atoms with Crippen LogP contribution in [-0.2, 0) is 5.41 Å². The third kappa shape index (κ3) is 3.00. The van der Waals surface area contributed by atoms with E-state index in [1.165, 1.54) is 11.3 Å². The van der Waals surface area contributed by atoms with Crippen LogP contribution in [0.3, 0.4) is 0 Å². The molecule has 1 atom stereocenters. The predicted molar refractivity (Wildman–Crippen MR) is 79.3 cm³/mol. The summed E-state index contributed by atoms with van der Waals surface area (Å²) in [6.07, 6.45) is 1.90. The lowest BCUT2D eigenvalue weighted by Gasteiger charge is -2.29. The van der Waals surface area contributed by atoms with Crippen molar-refractivity contribution >= 4 is 33.9 Å². The third-order valence-corrected chi connectivity index (χ3v) is 4.98. The first-order valence-corrected chi connectivity index (χ1v) is 7.92. The molecule has 0 aliphatic carbocycles. The molecule has 0 bridgehead atoms. The Kier molecular flexibility index (Phi) is 5.42. The van der Waals surface area contributed by atoms with Crippen molar-refractivity contribution in [1.82, 2.24) is 0 Å². The van der Waals surface area contributed by atoms with Crippen molar-refractivity contribution in [2.24, 2.45) is 5.92 Å². The Balaban J connectivity index is 3.14. The Morgan fingerprint density at radius 3 is 2.53 bits per heavy atom. The van der Waals surface area contributed by atoms with E-state index in [4.69, 9.17) is 5.26 Å². The van der Waals surface area contributed by atoms with Crippen molar-refractivity contribution in [2.45, 2.75) is 32.1 Å². The average molecular weight is 358 g/mol. The van der Waals surface area contributed by atoms with Gasteiger partial charge in [-0.1, -0.05) is 36.4 Å². The highest BCUT2D eigenvalue weighted by atomic mass is 127. The minimum atomic E-state index is -0.426. The minimum absolute atomic E-state index is 0.264. The predicted octanol–water partition coefficient (Wildman–Crippen LogP) is 4.25. The maximum Gasteiger partial charge on any atom is 0.110 e. The standard InChI is InChI=1S/C13H15IN2S/c1-10(2)13(9-16,6-3-7-14)12-5-4-11(8-15)17-12/h4-5,10H,3,6-7H2,1-2H3. The second-order valence-electron chi connectivity index (χ2n) is 4.31. The van der Waals surface area contributed by atoms with Gasteiger partial charge in [0, 0.05) is 4.88 Å². The number of nitriles is 2. The van der Waals surface area contributed by atoms with Gasteiger partial charge in [0.25, 0.3) is 0 Å². The van der Waals surface area contributed by atoms with Gasteiger partial charge in [0.15, 0.2) is 0 Å². The van der Waals surface area contributed by atoms with Gasteiger partial charge in [-0.05, 0) is 35.3 Å². The van der Waals surface area contributed by atoms with E-state index in [1.54, 1.807) is 0 Å². The van der Waals surface area contributed by atoms with E-state index >= 15 is 0 Å². The first-order chi connectivity index (χ1) is 8.10. The molecule has 90 valence electrons. The summed E-state index contributed by atoms with van der Waals surface area (Å²) in [7, 11) is 0. The zero-order valence-electron chi connectivity index (χ0n) is 10.0. The van der Waals surface area contributed by atoms with Crippen molar-refractivity contribution in [3.8, 4) is 12.1 Å². The van der Waals surface area contributed by atoms with E-state index in [1.807, 2.05) is 12.1 Å². The number of alkyl halides is 1. The highest BCUT2D eigenvalue weighted by molar-refractivity contribution is 14.1. The Bertz CT molecular complexity index is 453. The van der Waals surface area contributed by atoms with Crippen molar-refractivity contribution < 1.29 is 0 Å². The van der Waals surface area contributed by atoms with Crippen molar-refractivity contribution in [1.29, 1.82) is 10.5 Å². The highest BCUT2D eigenvalue weighted by Crippen LogP contribution is 2.40. The molecule has 0 aliphatic heterocycles. The second kappa shape index (κ2) is 6.37. The van der Waals surface area contributed by atoms with Gasteiger partial charge in [-0.2, -0.15) is 10.5 Å². The van der Waals surface area contributed by atoms with Crippen molar-refractivity contribution in [3.63, 3.8) is 0 Å². The van der Waals surface area contributed by atoms with Gasteiger partial charge in [-0.15, -0.1) is 11.3 Å². The molecule has 1 heterocycles. The molecule has 0 saturated carbocycles. The summed E-state index contributed by atoms with van der Waals surface area (Å²) in [5.74, 6) is 0.264. The van der Waals surface area contributed by atoms with E-state index in [-0.39, 0.29) is 5.92 Å². The van der Waals surface area contributed by atoms with Gasteiger partial charge in [0.2, 0.25) is 0 Å². The number of halogens is 1. The summed E-state index contributed by atoms with van der Waals surface area (Å²) in [6.45, 7) is 4.17. The van der Waals surface area contributed by atoms with Crippen LogP contribution in [0.4, 0.5) is 0 Å². The SMILES string of the molecule is CC(C)C(C#N)(CCCI)c1ccc(C#N)s1. The van der Waals surface area contributed by atoms with Crippen LogP contribution in [0.15, 0.2) is 12.1 Å². The zero-order chi connectivity index (χ0) is 12.9. The lowest BCUT2D eigenvalue weighted by molar-refractivity contribution is 0.373. The highest BCUT2D eigenvalue weighted by Gasteiger charge is 2.36. The van der Waals surface area contributed by atoms with Crippen LogP contribution in [0.25, 0.3) is 0 Å². The average Bonchev–Trinajstić information content (AvgIpc) is 2.79. The Labute approximate surface area is 120 Å². The van der Waals surface area contributed by atoms with E-state index in [0.717, 1.165) is 22.1 Å². The Hall–Kier alpha value is -0.590. The van der Waals surface area contributed by atoms with Crippen LogP contribution >= 0.6 is 33.9 Å². The van der Waals surface area contributed by atoms with Crippen LogP contribution in [-0.4, -0.2) is 4.43 Å². The Morgan fingerprint density at radius 1 is 1.41 bits per heavy atom. The molecule has 0 aromatic carbocycles. The minimum Gasteiger partial charge on any atom is -0.197 e. The molecular weight excluding hydrogens is 343 g/mol. The molecule has 4 heteroatoms. The van der Waals surface area contributed by atoms with Crippen molar-refractivity contribution in [3.05, 3.63) is 21.9 Å². The lowest BCUT2D eigenvalue weighted by Crippen LogP contribution is -2.29. The molecule has 0 fully saturated rings. The molecule has 0 aliphatic rings. The van der Waals surface area contributed by atoms with Crippen molar-refractivity contribution in [2.75, 3.05) is 4.43 Å². The van der Waals surface area contributed by atoms with Crippen LogP contribution < -0.4 is 0 Å². The largest absolute Gasteiger partial charge is 0.197 e. The fourth-order valence-corrected chi connectivity index (χ4v) is 3.42. The van der Waals surface area contributed by atoms with Gasteiger partial charge in [0.05, 0.1) is 11.5 Å². The topological polar surface area (TPSA) is 47.6 Å². The molecule has 0 amide bonds. The summed E-state index contributed by atoms with van der Waals surface area (Å²) in [5, 5.41) is 18.5. The maximum absolute atomic E-state index is 9.58. The second-order valence-corrected chi connectivity index (χ2v) is 6.47. The van der Waals surface area contributed by atoms with Crippen LogP contribution in [0.1, 0.15) is 36.4 Å². The molecule has 0 radical (unpaired) electrons. The maximum atomic E-state index is 9.58. The summed E-state index contributed by atoms with van der Waals surface area (Å²) >= 11 is 3.80. The molecule has 1 rings (SSSR count). The number of thiophene rings is 1. The smallest absolute Gasteiger partial charge is 0.110 e. The quantitative estimate of drug-likeness (QED) is 0.584. The van der Waals surface area contributed by atoms with Crippen LogP contribution in [0.2, 0.25) is 0 Å². The number of nitrogens with zero attached hydrogens (tertiary/aromatic N) is 2. The monoisotopic (exact) mass is 358 g/mol. The fraction of sp³-hybridized carbons (Fsp3) is 0.538. The zero-order valence-corrected chi connectivity index (χ0v) is 13.0. The molecule has 1 aromatic rings. The van der Waals surface area contributed by atoms with Gasteiger partial charge >= 0.3 is 0 Å². The molecule has 1 unspecified atom stereocenters. The number of rotatable bonds is 5. The lowest BCUT2D eigenvalue weighted by atomic mass is 9.74. The Morgan fingerprint density at radius 2 is 2.12 bits per heavy atom. The number of hydrogen-bond acceptors (Lipinski definition) is 3. The summed E-state index contributed by atoms with van der Waals surface area (Å²) < 4.78 is 1.06. The molecule has 17 heavy (non-hydrogen) atoms. The first kappa shape index (κ1) is 14.5. The molecule has 0 saturated heterocycles. The summed E-state index contributed by atoms with van der Waals surface area (Å²) in [4.78, 5) is 1.73. The number of hydrogen-bond donors (Lipinski definition) is 0. The fourth-order valence-electron chi connectivity index (χ4n) is 1.92. The van der Waals surface area contributed by atoms with Gasteiger partial charge in [-0.25, -0.2) is 0 Å². The van der Waals surface area contributed by atoms with E-state index in [9.17, 15) is 5.26 Å². The molecular formula is C13H15IN2S. The summed E-state index contributed by atoms with van der Waals surface area (Å²) in [5.41, 5.74) is -0.426. The summed E-state index contributed by atoms with van der Waals surface area (Å²) in [6, 6.07) is 8.41. The van der Waals surface area contributed by atoms with Gasteiger partial charge in [0.1, 0.15) is 10.9 Å². The van der Waals surface area contributed by atoms with Crippen LogP contribution in [0.5, 0.6) is 0 Å². The van der Waals surface area contributed by atoms with E-state index < -0.39 is 5.41 Å². The molecule has 1 aromatic heterocycles. The van der Waals surface area contributed by atoms with E-state index in [0.29, 0.717) is 4.88 Å². The normalized spacial score (nSPS) is 14.0. The molecule has 0 spiro atoms. The van der Waals surface area contributed by atoms with E-state index in [2.05, 4.69) is 48.6 Å². The first-order valence-electron chi connectivity index (χ1n) is 5.58. The molecule has 2 nitrogen and oxygen atoms in total.